The van der Waals surface area contributed by atoms with Gasteiger partial charge in [-0.15, -0.1) is 0 Å². The summed E-state index contributed by atoms with van der Waals surface area (Å²) in [6, 6.07) is 15.2. The maximum absolute atomic E-state index is 13.0. The summed E-state index contributed by atoms with van der Waals surface area (Å²) in [5, 5.41) is 21.3. The molecule has 3 aromatic rings. The van der Waals surface area contributed by atoms with E-state index in [1.54, 1.807) is 54.7 Å². The van der Waals surface area contributed by atoms with Gasteiger partial charge in [-0.3, -0.25) is 19.5 Å². The zero-order valence-corrected chi connectivity index (χ0v) is 16.0. The number of aliphatic hydroxyl groups excluding tert-OH is 1. The van der Waals surface area contributed by atoms with Crippen LogP contribution in [0.5, 0.6) is 11.5 Å². The van der Waals surface area contributed by atoms with Crippen molar-refractivity contribution >= 4 is 23.1 Å². The Morgan fingerprint density at radius 3 is 2.40 bits per heavy atom. The number of phenols is 1. The number of carbonyl (C=O) groups is 2. The van der Waals surface area contributed by atoms with Gasteiger partial charge in [-0.05, 0) is 48.0 Å². The molecule has 2 N–H and O–H groups in total. The monoisotopic (exact) mass is 402 g/mol. The van der Waals surface area contributed by atoms with Crippen LogP contribution in [0.15, 0.2) is 78.6 Å². The van der Waals surface area contributed by atoms with Gasteiger partial charge >= 0.3 is 0 Å². The standard InChI is InChI=1S/C23H18N2O5/c1-30-16-10-8-14(9-11-16)21(27)19-20(15-5-4-12-24-13-15)25(23(29)22(19)28)17-6-2-3-7-18(17)26/h2-13,20,26-27H,1H3/b21-19+. The lowest BCUT2D eigenvalue weighted by molar-refractivity contribution is -0.132. The summed E-state index contributed by atoms with van der Waals surface area (Å²) in [4.78, 5) is 31.2. The number of hydrogen-bond acceptors (Lipinski definition) is 6. The van der Waals surface area contributed by atoms with E-state index in [9.17, 15) is 19.8 Å². The molecular weight excluding hydrogens is 384 g/mol. The molecule has 1 atom stereocenters. The van der Waals surface area contributed by atoms with E-state index in [1.807, 2.05) is 0 Å². The molecule has 150 valence electrons. The molecule has 30 heavy (non-hydrogen) atoms. The smallest absolute Gasteiger partial charge is 0.300 e. The number of aromatic hydroxyl groups is 1. The number of nitrogens with zero attached hydrogens (tertiary/aromatic N) is 2. The second-order valence-electron chi connectivity index (χ2n) is 6.67. The Kier molecular flexibility index (Phi) is 4.93. The van der Waals surface area contributed by atoms with Crippen molar-refractivity contribution in [3.63, 3.8) is 0 Å². The van der Waals surface area contributed by atoms with Gasteiger partial charge in [0.05, 0.1) is 24.4 Å². The van der Waals surface area contributed by atoms with E-state index in [2.05, 4.69) is 4.98 Å². The number of pyridine rings is 1. The van der Waals surface area contributed by atoms with Gasteiger partial charge in [0.1, 0.15) is 17.3 Å². The highest BCUT2D eigenvalue weighted by Crippen LogP contribution is 2.44. The number of rotatable bonds is 4. The van der Waals surface area contributed by atoms with Crippen molar-refractivity contribution in [1.82, 2.24) is 4.98 Å². The summed E-state index contributed by atoms with van der Waals surface area (Å²) in [6.07, 6.45) is 3.09. The molecule has 4 rings (SSSR count). The number of aromatic nitrogens is 1. The summed E-state index contributed by atoms with van der Waals surface area (Å²) in [5.41, 5.74) is 0.971. The molecule has 1 fully saturated rings. The van der Waals surface area contributed by atoms with E-state index in [-0.39, 0.29) is 22.8 Å². The lowest BCUT2D eigenvalue weighted by Gasteiger charge is -2.25. The summed E-state index contributed by atoms with van der Waals surface area (Å²) >= 11 is 0. The van der Waals surface area contributed by atoms with E-state index in [0.717, 1.165) is 0 Å². The molecular formula is C23H18N2O5. The highest BCUT2D eigenvalue weighted by Gasteiger charge is 2.47. The first-order valence-electron chi connectivity index (χ1n) is 9.16. The number of benzene rings is 2. The van der Waals surface area contributed by atoms with Crippen LogP contribution in [-0.4, -0.2) is 34.0 Å². The van der Waals surface area contributed by atoms with Crippen LogP contribution in [-0.2, 0) is 9.59 Å². The minimum atomic E-state index is -0.950. The highest BCUT2D eigenvalue weighted by molar-refractivity contribution is 6.51. The molecule has 0 radical (unpaired) electrons. The Bertz CT molecular complexity index is 1140. The first kappa shape index (κ1) is 19.2. The van der Waals surface area contributed by atoms with Crippen LogP contribution in [0.3, 0.4) is 0 Å². The van der Waals surface area contributed by atoms with Gasteiger partial charge in [0.25, 0.3) is 11.7 Å². The number of hydrogen-bond donors (Lipinski definition) is 2. The van der Waals surface area contributed by atoms with Crippen molar-refractivity contribution in [3.8, 4) is 11.5 Å². The molecule has 2 heterocycles. The third-order valence-corrected chi connectivity index (χ3v) is 4.95. The Morgan fingerprint density at radius 2 is 1.77 bits per heavy atom. The van der Waals surface area contributed by atoms with Gasteiger partial charge < -0.3 is 14.9 Å². The molecule has 1 aliphatic rings. The third kappa shape index (κ3) is 3.16. The number of carbonyl (C=O) groups excluding carboxylic acids is 2. The number of methoxy groups -OCH3 is 1. The predicted octanol–water partition coefficient (Wildman–Crippen LogP) is 3.42. The van der Waals surface area contributed by atoms with Crippen molar-refractivity contribution in [2.75, 3.05) is 12.0 Å². The van der Waals surface area contributed by atoms with Gasteiger partial charge in [0.2, 0.25) is 0 Å². The van der Waals surface area contributed by atoms with Crippen molar-refractivity contribution in [2.45, 2.75) is 6.04 Å². The van der Waals surface area contributed by atoms with Crippen LogP contribution in [0.2, 0.25) is 0 Å². The number of para-hydroxylation sites is 2. The topological polar surface area (TPSA) is 100.0 Å². The number of Topliss-reactive ketones (excluding diaryl/α,β-unsaturated/α-hetero) is 1. The molecule has 7 nitrogen and oxygen atoms in total. The number of ketones is 1. The lowest BCUT2D eigenvalue weighted by atomic mass is 9.96. The predicted molar refractivity (Wildman–Crippen MR) is 110 cm³/mol. The van der Waals surface area contributed by atoms with Crippen molar-refractivity contribution < 1.29 is 24.5 Å². The SMILES string of the molecule is COc1ccc(/C(O)=C2\C(=O)C(=O)N(c3ccccc3O)C2c2cccnc2)cc1. The Labute approximate surface area is 172 Å². The molecule has 1 unspecified atom stereocenters. The highest BCUT2D eigenvalue weighted by atomic mass is 16.5. The Hall–Kier alpha value is -4.13. The number of aliphatic hydroxyl groups is 1. The summed E-state index contributed by atoms with van der Waals surface area (Å²) < 4.78 is 5.13. The molecule has 1 saturated heterocycles. The second kappa shape index (κ2) is 7.71. The normalized spacial score (nSPS) is 17.9. The fourth-order valence-corrected chi connectivity index (χ4v) is 3.51. The number of ether oxygens (including phenoxy) is 1. The first-order chi connectivity index (χ1) is 14.5. The molecule has 0 bridgehead atoms. The number of amides is 1. The van der Waals surface area contributed by atoms with E-state index < -0.39 is 17.7 Å². The van der Waals surface area contributed by atoms with Crippen LogP contribution in [0.1, 0.15) is 17.2 Å². The molecule has 1 aromatic heterocycles. The summed E-state index contributed by atoms with van der Waals surface area (Å²) in [6.45, 7) is 0. The van der Waals surface area contributed by atoms with Crippen molar-refractivity contribution in [3.05, 3.63) is 89.8 Å². The molecule has 7 heteroatoms. The molecule has 1 aliphatic heterocycles. The number of anilines is 1. The van der Waals surface area contributed by atoms with E-state index in [0.29, 0.717) is 16.9 Å². The van der Waals surface area contributed by atoms with Crippen LogP contribution >= 0.6 is 0 Å². The molecule has 0 aliphatic carbocycles. The van der Waals surface area contributed by atoms with E-state index in [4.69, 9.17) is 4.74 Å². The molecule has 0 spiro atoms. The van der Waals surface area contributed by atoms with Gasteiger partial charge in [-0.2, -0.15) is 0 Å². The quantitative estimate of drug-likeness (QED) is 0.394. The minimum Gasteiger partial charge on any atom is -0.507 e. The van der Waals surface area contributed by atoms with Crippen molar-refractivity contribution in [1.29, 1.82) is 0 Å². The second-order valence-corrected chi connectivity index (χ2v) is 6.67. The van der Waals surface area contributed by atoms with Gasteiger partial charge in [-0.25, -0.2) is 0 Å². The van der Waals surface area contributed by atoms with E-state index in [1.165, 1.54) is 30.3 Å². The maximum atomic E-state index is 13.0. The van der Waals surface area contributed by atoms with Crippen LogP contribution in [0.4, 0.5) is 5.69 Å². The molecule has 0 saturated carbocycles. The zero-order valence-electron chi connectivity index (χ0n) is 16.0. The summed E-state index contributed by atoms with van der Waals surface area (Å²) in [7, 11) is 1.52. The Balaban J connectivity index is 1.93. The lowest BCUT2D eigenvalue weighted by Crippen LogP contribution is -2.29. The van der Waals surface area contributed by atoms with Crippen LogP contribution in [0, 0.1) is 0 Å². The average Bonchev–Trinajstić information content (AvgIpc) is 3.05. The van der Waals surface area contributed by atoms with Gasteiger partial charge in [0.15, 0.2) is 0 Å². The largest absolute Gasteiger partial charge is 0.507 e. The van der Waals surface area contributed by atoms with E-state index >= 15 is 0 Å². The third-order valence-electron chi connectivity index (χ3n) is 4.95. The summed E-state index contributed by atoms with van der Waals surface area (Å²) in [5.74, 6) is -1.58. The fraction of sp³-hybridized carbons (Fsp3) is 0.0870. The fourth-order valence-electron chi connectivity index (χ4n) is 3.51. The maximum Gasteiger partial charge on any atom is 0.300 e. The minimum absolute atomic E-state index is 0.0820. The Morgan fingerprint density at radius 1 is 1.03 bits per heavy atom. The van der Waals surface area contributed by atoms with Crippen molar-refractivity contribution in [2.24, 2.45) is 0 Å². The van der Waals surface area contributed by atoms with Crippen LogP contribution in [0.25, 0.3) is 5.76 Å². The zero-order chi connectivity index (χ0) is 21.3. The first-order valence-corrected chi connectivity index (χ1v) is 9.16. The number of phenolic OH excluding ortho intramolecular Hbond substituents is 1. The van der Waals surface area contributed by atoms with Crippen LogP contribution < -0.4 is 9.64 Å². The van der Waals surface area contributed by atoms with Gasteiger partial charge in [-0.1, -0.05) is 18.2 Å². The average molecular weight is 402 g/mol. The molecule has 2 aromatic carbocycles. The van der Waals surface area contributed by atoms with Gasteiger partial charge in [0, 0.05) is 18.0 Å². The molecule has 1 amide bonds.